The molecule has 2 atom stereocenters. The van der Waals surface area contributed by atoms with Crippen LogP contribution in [0.2, 0.25) is 0 Å². The van der Waals surface area contributed by atoms with Gasteiger partial charge in [-0.25, -0.2) is 0 Å². The highest BCUT2D eigenvalue weighted by molar-refractivity contribution is 5.89. The highest BCUT2D eigenvalue weighted by Gasteiger charge is 2.36. The molecule has 3 heteroatoms. The summed E-state index contributed by atoms with van der Waals surface area (Å²) >= 11 is 0. The molecule has 0 aromatic carbocycles. The summed E-state index contributed by atoms with van der Waals surface area (Å²) in [7, 11) is 0. The van der Waals surface area contributed by atoms with Gasteiger partial charge in [0.1, 0.15) is 5.78 Å². The van der Waals surface area contributed by atoms with Crippen molar-refractivity contribution in [3.8, 4) is 0 Å². The molecular weight excluding hydrogens is 166 g/mol. The Labute approximate surface area is 78.7 Å². The highest BCUT2D eigenvalue weighted by atomic mass is 16.1. The molecule has 1 unspecified atom stereocenters. The zero-order valence-corrected chi connectivity index (χ0v) is 8.25. The first-order valence-corrected chi connectivity index (χ1v) is 4.87. The lowest BCUT2D eigenvalue weighted by molar-refractivity contribution is -0.132. The zero-order valence-electron chi connectivity index (χ0n) is 8.25. The van der Waals surface area contributed by atoms with E-state index in [1.54, 1.807) is 0 Å². The topological polar surface area (TPSA) is 60.2 Å². The van der Waals surface area contributed by atoms with Crippen LogP contribution in [-0.4, -0.2) is 11.7 Å². The second-order valence-corrected chi connectivity index (χ2v) is 4.10. The molecule has 0 aromatic heterocycles. The largest absolute Gasteiger partial charge is 0.369 e. The van der Waals surface area contributed by atoms with Crippen molar-refractivity contribution in [3.05, 3.63) is 0 Å². The minimum atomic E-state index is -0.309. The quantitative estimate of drug-likeness (QED) is 0.712. The van der Waals surface area contributed by atoms with Gasteiger partial charge in [0.05, 0.1) is 0 Å². The van der Waals surface area contributed by atoms with E-state index in [4.69, 9.17) is 5.73 Å². The molecule has 1 amide bonds. The Hall–Kier alpha value is -0.860. The van der Waals surface area contributed by atoms with Crippen molar-refractivity contribution < 1.29 is 9.59 Å². The molecule has 0 bridgehead atoms. The van der Waals surface area contributed by atoms with Crippen LogP contribution in [0.4, 0.5) is 0 Å². The molecule has 3 nitrogen and oxygen atoms in total. The summed E-state index contributed by atoms with van der Waals surface area (Å²) in [5.74, 6) is -0.393. The van der Waals surface area contributed by atoms with E-state index in [2.05, 4.69) is 0 Å². The van der Waals surface area contributed by atoms with E-state index in [0.29, 0.717) is 0 Å². The molecule has 1 aliphatic rings. The first-order valence-electron chi connectivity index (χ1n) is 4.87. The maximum Gasteiger partial charge on any atom is 0.221 e. The highest BCUT2D eigenvalue weighted by Crippen LogP contribution is 2.33. The summed E-state index contributed by atoms with van der Waals surface area (Å²) < 4.78 is 0. The van der Waals surface area contributed by atoms with Crippen molar-refractivity contribution >= 4 is 11.7 Å². The molecule has 1 saturated carbocycles. The molecule has 1 rings (SSSR count). The van der Waals surface area contributed by atoms with Gasteiger partial charge in [0.15, 0.2) is 0 Å². The first kappa shape index (κ1) is 10.2. The number of amides is 1. The van der Waals surface area contributed by atoms with Crippen LogP contribution < -0.4 is 5.73 Å². The van der Waals surface area contributed by atoms with E-state index in [0.717, 1.165) is 19.3 Å². The fourth-order valence-electron chi connectivity index (χ4n) is 2.07. The van der Waals surface area contributed by atoms with E-state index in [1.165, 1.54) is 0 Å². The molecular formula is C10H17NO2. The third kappa shape index (κ3) is 2.08. The monoisotopic (exact) mass is 183 g/mol. The molecule has 13 heavy (non-hydrogen) atoms. The number of rotatable bonds is 3. The predicted molar refractivity (Wildman–Crippen MR) is 49.9 cm³/mol. The lowest BCUT2D eigenvalue weighted by atomic mass is 9.86. The number of ketones is 1. The van der Waals surface area contributed by atoms with Crippen LogP contribution in [0.3, 0.4) is 0 Å². The fraction of sp³-hybridized carbons (Fsp3) is 0.800. The van der Waals surface area contributed by atoms with Crippen molar-refractivity contribution in [3.63, 3.8) is 0 Å². The van der Waals surface area contributed by atoms with Crippen molar-refractivity contribution in [1.29, 1.82) is 0 Å². The van der Waals surface area contributed by atoms with Crippen LogP contribution in [0.1, 0.15) is 33.1 Å². The average molecular weight is 183 g/mol. The lowest BCUT2D eigenvalue weighted by Gasteiger charge is -2.16. The summed E-state index contributed by atoms with van der Waals surface area (Å²) in [4.78, 5) is 22.7. The smallest absolute Gasteiger partial charge is 0.221 e. The maximum atomic E-state index is 11.7. The third-order valence-corrected chi connectivity index (χ3v) is 2.82. The minimum absolute atomic E-state index is 0.0185. The summed E-state index contributed by atoms with van der Waals surface area (Å²) in [6.45, 7) is 3.75. The third-order valence-electron chi connectivity index (χ3n) is 2.82. The number of carbonyl (C=O) groups is 2. The maximum absolute atomic E-state index is 11.7. The molecule has 2 N–H and O–H groups in total. The van der Waals surface area contributed by atoms with Crippen LogP contribution in [-0.2, 0) is 9.59 Å². The second kappa shape index (κ2) is 3.90. The van der Waals surface area contributed by atoms with E-state index >= 15 is 0 Å². The SMILES string of the molecule is CC(C)C(=O)C1CCC[C@H]1C(N)=O. The Bertz CT molecular complexity index is 223. The van der Waals surface area contributed by atoms with Gasteiger partial charge in [0.25, 0.3) is 0 Å². The Morgan fingerprint density at radius 1 is 1.23 bits per heavy atom. The van der Waals surface area contributed by atoms with Crippen LogP contribution in [0.15, 0.2) is 0 Å². The number of Topliss-reactive ketones (excluding diaryl/α,β-unsaturated/α-hetero) is 1. The normalized spacial score (nSPS) is 27.9. The van der Waals surface area contributed by atoms with Crippen molar-refractivity contribution in [2.75, 3.05) is 0 Å². The molecule has 0 aliphatic heterocycles. The Balaban J connectivity index is 2.68. The number of carbonyl (C=O) groups excluding carboxylic acids is 2. The van der Waals surface area contributed by atoms with Crippen LogP contribution in [0.25, 0.3) is 0 Å². The molecule has 0 spiro atoms. The fourth-order valence-corrected chi connectivity index (χ4v) is 2.07. The Morgan fingerprint density at radius 2 is 1.77 bits per heavy atom. The van der Waals surface area contributed by atoms with Gasteiger partial charge < -0.3 is 5.73 Å². The molecule has 1 aliphatic carbocycles. The van der Waals surface area contributed by atoms with Gasteiger partial charge in [0, 0.05) is 17.8 Å². The molecule has 0 radical (unpaired) electrons. The first-order chi connectivity index (χ1) is 6.04. The average Bonchev–Trinajstić information content (AvgIpc) is 2.50. The summed E-state index contributed by atoms with van der Waals surface area (Å²) in [6.07, 6.45) is 2.58. The van der Waals surface area contributed by atoms with E-state index in [9.17, 15) is 9.59 Å². The number of hydrogen-bond donors (Lipinski definition) is 1. The van der Waals surface area contributed by atoms with Gasteiger partial charge >= 0.3 is 0 Å². The van der Waals surface area contributed by atoms with E-state index < -0.39 is 0 Å². The molecule has 0 aromatic rings. The summed E-state index contributed by atoms with van der Waals surface area (Å²) in [5.41, 5.74) is 5.23. The predicted octanol–water partition coefficient (Wildman–Crippen LogP) is 1.11. The summed E-state index contributed by atoms with van der Waals surface area (Å²) in [5, 5.41) is 0. The van der Waals surface area contributed by atoms with Gasteiger partial charge in [0.2, 0.25) is 5.91 Å². The van der Waals surface area contributed by atoms with Gasteiger partial charge in [-0.15, -0.1) is 0 Å². The lowest BCUT2D eigenvalue weighted by Crippen LogP contribution is -2.32. The molecule has 0 saturated heterocycles. The van der Waals surface area contributed by atoms with Gasteiger partial charge in [-0.1, -0.05) is 20.3 Å². The Morgan fingerprint density at radius 3 is 2.23 bits per heavy atom. The van der Waals surface area contributed by atoms with Crippen LogP contribution in [0, 0.1) is 17.8 Å². The number of primary amides is 1. The van der Waals surface area contributed by atoms with Gasteiger partial charge in [-0.2, -0.15) is 0 Å². The molecule has 0 heterocycles. The van der Waals surface area contributed by atoms with E-state index in [-0.39, 0.29) is 29.4 Å². The number of hydrogen-bond acceptors (Lipinski definition) is 2. The number of nitrogens with two attached hydrogens (primary N) is 1. The Kier molecular flexibility index (Phi) is 3.07. The van der Waals surface area contributed by atoms with Crippen LogP contribution >= 0.6 is 0 Å². The summed E-state index contributed by atoms with van der Waals surface area (Å²) in [6, 6.07) is 0. The zero-order chi connectivity index (χ0) is 10.0. The van der Waals surface area contributed by atoms with Gasteiger partial charge in [-0.3, -0.25) is 9.59 Å². The minimum Gasteiger partial charge on any atom is -0.369 e. The van der Waals surface area contributed by atoms with Crippen molar-refractivity contribution in [2.24, 2.45) is 23.5 Å². The second-order valence-electron chi connectivity index (χ2n) is 4.10. The van der Waals surface area contributed by atoms with Crippen LogP contribution in [0.5, 0.6) is 0 Å². The van der Waals surface area contributed by atoms with Gasteiger partial charge in [-0.05, 0) is 12.8 Å². The van der Waals surface area contributed by atoms with Crippen molar-refractivity contribution in [2.45, 2.75) is 33.1 Å². The van der Waals surface area contributed by atoms with Crippen molar-refractivity contribution in [1.82, 2.24) is 0 Å². The van der Waals surface area contributed by atoms with E-state index in [1.807, 2.05) is 13.8 Å². The molecule has 1 fully saturated rings. The molecule has 74 valence electrons. The standard InChI is InChI=1S/C10H17NO2/c1-6(2)9(12)7-4-3-5-8(7)10(11)13/h6-8H,3-5H2,1-2H3,(H2,11,13)/t7?,8-/m1/s1.